The zero-order valence-electron chi connectivity index (χ0n) is 7.97. The monoisotopic (exact) mass is 174 g/mol. The summed E-state index contributed by atoms with van der Waals surface area (Å²) in [6.07, 6.45) is 10.2. The zero-order chi connectivity index (χ0) is 9.84. The summed E-state index contributed by atoms with van der Waals surface area (Å²) in [5.41, 5.74) is 1.66. The van der Waals surface area contributed by atoms with Gasteiger partial charge in [-0.2, -0.15) is 0 Å². The molecule has 13 heavy (non-hydrogen) atoms. The quantitative estimate of drug-likeness (QED) is 0.474. The normalized spacial score (nSPS) is 17.4. The standard InChI is InChI=1S/C12H14O/c1-4-11(9(2)3)12(13)10-7-5-6-8-10/h1,7,11H,2,5-6,8H2,3H3. The minimum absolute atomic E-state index is 0.0764. The van der Waals surface area contributed by atoms with Crippen LogP contribution in [0.5, 0.6) is 0 Å². The highest BCUT2D eigenvalue weighted by molar-refractivity contribution is 6.00. The number of allylic oxidation sites excluding steroid dienone is 3. The highest BCUT2D eigenvalue weighted by atomic mass is 16.1. The fourth-order valence-electron chi connectivity index (χ4n) is 1.52. The summed E-state index contributed by atoms with van der Waals surface area (Å²) >= 11 is 0. The van der Waals surface area contributed by atoms with Crippen molar-refractivity contribution in [3.63, 3.8) is 0 Å². The van der Waals surface area contributed by atoms with Crippen molar-refractivity contribution < 1.29 is 4.79 Å². The largest absolute Gasteiger partial charge is 0.293 e. The van der Waals surface area contributed by atoms with Crippen molar-refractivity contribution in [3.8, 4) is 12.3 Å². The summed E-state index contributed by atoms with van der Waals surface area (Å²) in [7, 11) is 0. The van der Waals surface area contributed by atoms with E-state index in [4.69, 9.17) is 6.42 Å². The van der Waals surface area contributed by atoms with E-state index in [0.29, 0.717) is 0 Å². The fraction of sp³-hybridized carbons (Fsp3) is 0.417. The molecule has 0 bridgehead atoms. The summed E-state index contributed by atoms with van der Waals surface area (Å²) in [6.45, 7) is 5.53. The van der Waals surface area contributed by atoms with Crippen molar-refractivity contribution >= 4 is 5.78 Å². The van der Waals surface area contributed by atoms with E-state index in [2.05, 4.69) is 12.5 Å². The van der Waals surface area contributed by atoms with Crippen molar-refractivity contribution in [2.75, 3.05) is 0 Å². The Bertz CT molecular complexity index is 302. The third-order valence-corrected chi connectivity index (χ3v) is 2.28. The minimum atomic E-state index is -0.413. The van der Waals surface area contributed by atoms with E-state index in [0.717, 1.165) is 30.4 Å². The maximum absolute atomic E-state index is 11.7. The minimum Gasteiger partial charge on any atom is -0.293 e. The third kappa shape index (κ3) is 2.09. The lowest BCUT2D eigenvalue weighted by molar-refractivity contribution is -0.116. The molecule has 0 saturated heterocycles. The van der Waals surface area contributed by atoms with E-state index in [1.165, 1.54) is 0 Å². The predicted octanol–water partition coefficient (Wildman–Crippen LogP) is 2.49. The number of carbonyl (C=O) groups excluding carboxylic acids is 1. The van der Waals surface area contributed by atoms with Crippen LogP contribution in [0.15, 0.2) is 23.8 Å². The Balaban J connectivity index is 2.76. The number of hydrogen-bond acceptors (Lipinski definition) is 1. The molecule has 68 valence electrons. The summed E-state index contributed by atoms with van der Waals surface area (Å²) in [6, 6.07) is 0. The molecule has 1 aliphatic rings. The van der Waals surface area contributed by atoms with E-state index >= 15 is 0 Å². The summed E-state index contributed by atoms with van der Waals surface area (Å²) in [5.74, 6) is 2.15. The number of hydrogen-bond donors (Lipinski definition) is 0. The van der Waals surface area contributed by atoms with Crippen molar-refractivity contribution in [1.29, 1.82) is 0 Å². The predicted molar refractivity (Wildman–Crippen MR) is 54.1 cm³/mol. The van der Waals surface area contributed by atoms with Gasteiger partial charge in [0.15, 0.2) is 5.78 Å². The zero-order valence-corrected chi connectivity index (χ0v) is 7.97. The molecule has 0 aromatic rings. The first kappa shape index (κ1) is 9.80. The van der Waals surface area contributed by atoms with Crippen molar-refractivity contribution in [3.05, 3.63) is 23.8 Å². The molecule has 0 aromatic heterocycles. The van der Waals surface area contributed by atoms with Gasteiger partial charge in [-0.05, 0) is 31.8 Å². The Morgan fingerprint density at radius 2 is 2.46 bits per heavy atom. The van der Waals surface area contributed by atoms with Gasteiger partial charge in [-0.25, -0.2) is 0 Å². The van der Waals surface area contributed by atoms with Gasteiger partial charge in [-0.15, -0.1) is 6.42 Å². The van der Waals surface area contributed by atoms with E-state index in [-0.39, 0.29) is 5.78 Å². The lowest BCUT2D eigenvalue weighted by Gasteiger charge is -2.09. The molecular weight excluding hydrogens is 160 g/mol. The van der Waals surface area contributed by atoms with Gasteiger partial charge in [-0.1, -0.05) is 24.1 Å². The Kier molecular flexibility index (Phi) is 3.08. The van der Waals surface area contributed by atoms with Crippen LogP contribution in [0, 0.1) is 18.3 Å². The second kappa shape index (κ2) is 4.09. The van der Waals surface area contributed by atoms with Crippen LogP contribution in [-0.2, 0) is 4.79 Å². The summed E-state index contributed by atoms with van der Waals surface area (Å²) in [5, 5.41) is 0. The molecule has 1 heteroatoms. The van der Waals surface area contributed by atoms with Gasteiger partial charge in [0.25, 0.3) is 0 Å². The lowest BCUT2D eigenvalue weighted by atomic mass is 9.92. The number of carbonyl (C=O) groups is 1. The third-order valence-electron chi connectivity index (χ3n) is 2.28. The molecule has 0 radical (unpaired) electrons. The van der Waals surface area contributed by atoms with Crippen LogP contribution in [-0.4, -0.2) is 5.78 Å². The van der Waals surface area contributed by atoms with Gasteiger partial charge in [-0.3, -0.25) is 4.79 Å². The number of rotatable bonds is 3. The van der Waals surface area contributed by atoms with Crippen LogP contribution >= 0.6 is 0 Å². The van der Waals surface area contributed by atoms with Crippen molar-refractivity contribution in [2.24, 2.45) is 5.92 Å². The van der Waals surface area contributed by atoms with E-state index in [9.17, 15) is 4.79 Å². The molecule has 1 nitrogen and oxygen atoms in total. The van der Waals surface area contributed by atoms with Gasteiger partial charge in [0, 0.05) is 0 Å². The molecule has 0 heterocycles. The van der Waals surface area contributed by atoms with Crippen molar-refractivity contribution in [1.82, 2.24) is 0 Å². The fourth-order valence-corrected chi connectivity index (χ4v) is 1.52. The van der Waals surface area contributed by atoms with E-state index in [1.807, 2.05) is 6.08 Å². The van der Waals surface area contributed by atoms with Gasteiger partial charge in [0.05, 0.1) is 0 Å². The Morgan fingerprint density at radius 3 is 2.85 bits per heavy atom. The van der Waals surface area contributed by atoms with Gasteiger partial charge in [0.2, 0.25) is 0 Å². The molecule has 0 spiro atoms. The van der Waals surface area contributed by atoms with Crippen molar-refractivity contribution in [2.45, 2.75) is 26.2 Å². The molecule has 0 N–H and O–H groups in total. The highest BCUT2D eigenvalue weighted by Crippen LogP contribution is 2.23. The van der Waals surface area contributed by atoms with Gasteiger partial charge < -0.3 is 0 Å². The maximum Gasteiger partial charge on any atom is 0.177 e. The molecule has 1 rings (SSSR count). The average Bonchev–Trinajstić information content (AvgIpc) is 2.56. The second-order valence-electron chi connectivity index (χ2n) is 3.43. The average molecular weight is 174 g/mol. The SMILES string of the molecule is C#CC(C(=C)C)C(=O)C1=CCCC1. The summed E-state index contributed by atoms with van der Waals surface area (Å²) < 4.78 is 0. The second-order valence-corrected chi connectivity index (χ2v) is 3.43. The Hall–Kier alpha value is -1.29. The molecule has 1 aliphatic carbocycles. The molecule has 0 fully saturated rings. The first-order chi connectivity index (χ1) is 6.16. The molecule has 0 saturated carbocycles. The number of ketones is 1. The molecule has 0 aliphatic heterocycles. The highest BCUT2D eigenvalue weighted by Gasteiger charge is 2.21. The smallest absolute Gasteiger partial charge is 0.177 e. The first-order valence-electron chi connectivity index (χ1n) is 4.51. The Labute approximate surface area is 79.5 Å². The van der Waals surface area contributed by atoms with E-state index in [1.54, 1.807) is 6.92 Å². The van der Waals surface area contributed by atoms with E-state index < -0.39 is 5.92 Å². The summed E-state index contributed by atoms with van der Waals surface area (Å²) in [4.78, 5) is 11.7. The van der Waals surface area contributed by atoms with Gasteiger partial charge >= 0.3 is 0 Å². The topological polar surface area (TPSA) is 17.1 Å². The van der Waals surface area contributed by atoms with Gasteiger partial charge in [0.1, 0.15) is 5.92 Å². The first-order valence-corrected chi connectivity index (χ1v) is 4.51. The molecule has 1 atom stereocenters. The molecular formula is C12H14O. The maximum atomic E-state index is 11.7. The van der Waals surface area contributed by atoms with Crippen LogP contribution in [0.25, 0.3) is 0 Å². The van der Waals surface area contributed by atoms with Crippen LogP contribution in [0.4, 0.5) is 0 Å². The van der Waals surface area contributed by atoms with Crippen LogP contribution < -0.4 is 0 Å². The molecule has 1 unspecified atom stereocenters. The lowest BCUT2D eigenvalue weighted by Crippen LogP contribution is -2.14. The van der Waals surface area contributed by atoms with Crippen LogP contribution in [0.1, 0.15) is 26.2 Å². The molecule has 0 amide bonds. The number of terminal acetylenes is 1. The number of Topliss-reactive ketones (excluding diaryl/α,β-unsaturated/α-hetero) is 1. The van der Waals surface area contributed by atoms with Crippen LogP contribution in [0.2, 0.25) is 0 Å². The Morgan fingerprint density at radius 1 is 1.77 bits per heavy atom. The van der Waals surface area contributed by atoms with Crippen LogP contribution in [0.3, 0.4) is 0 Å². The molecule has 0 aromatic carbocycles.